The van der Waals surface area contributed by atoms with E-state index in [-0.39, 0.29) is 12.2 Å². The van der Waals surface area contributed by atoms with Crippen molar-refractivity contribution in [3.63, 3.8) is 0 Å². The van der Waals surface area contributed by atoms with Gasteiger partial charge in [-0.1, -0.05) is 0 Å². The molecule has 19 heavy (non-hydrogen) atoms. The van der Waals surface area contributed by atoms with Gasteiger partial charge in [-0.05, 0) is 25.5 Å². The number of hydrogen-bond donors (Lipinski definition) is 2. The van der Waals surface area contributed by atoms with Crippen LogP contribution >= 0.6 is 0 Å². The smallest absolute Gasteiger partial charge is 0.311 e. The molecule has 0 aromatic heterocycles. The molecule has 1 aromatic rings. The van der Waals surface area contributed by atoms with Crippen molar-refractivity contribution in [1.29, 1.82) is 0 Å². The molecule has 1 aliphatic rings. The van der Waals surface area contributed by atoms with E-state index in [0.29, 0.717) is 24.3 Å². The van der Waals surface area contributed by atoms with Crippen LogP contribution in [0.1, 0.15) is 13.3 Å². The SMILES string of the molecule is CC1(C(=O)O)CCN(c2cc(N)ccc2[N+](=O)[O-])C1. The molecule has 1 heterocycles. The average molecular weight is 265 g/mol. The molecule has 1 unspecified atom stereocenters. The summed E-state index contributed by atoms with van der Waals surface area (Å²) >= 11 is 0. The summed E-state index contributed by atoms with van der Waals surface area (Å²) in [5.41, 5.74) is 5.53. The van der Waals surface area contributed by atoms with Crippen LogP contribution in [-0.2, 0) is 4.79 Å². The predicted octanol–water partition coefficient (Wildman–Crippen LogP) is 1.48. The maximum Gasteiger partial charge on any atom is 0.311 e. The summed E-state index contributed by atoms with van der Waals surface area (Å²) in [6.45, 7) is 2.35. The minimum atomic E-state index is -0.887. The molecule has 0 saturated carbocycles. The number of nitrogens with two attached hydrogens (primary N) is 1. The first-order chi connectivity index (χ1) is 8.83. The molecular formula is C12H15N3O4. The molecule has 7 heteroatoms. The van der Waals surface area contributed by atoms with Crippen LogP contribution in [0.3, 0.4) is 0 Å². The number of nitrogens with zero attached hydrogens (tertiary/aromatic N) is 2. The lowest BCUT2D eigenvalue weighted by Gasteiger charge is -2.21. The molecular weight excluding hydrogens is 250 g/mol. The highest BCUT2D eigenvalue weighted by Crippen LogP contribution is 2.38. The van der Waals surface area contributed by atoms with E-state index < -0.39 is 16.3 Å². The van der Waals surface area contributed by atoms with Crippen molar-refractivity contribution >= 4 is 23.0 Å². The van der Waals surface area contributed by atoms with Crippen LogP contribution in [0.25, 0.3) is 0 Å². The average Bonchev–Trinajstić information content (AvgIpc) is 2.73. The predicted molar refractivity (Wildman–Crippen MR) is 70.1 cm³/mol. The van der Waals surface area contributed by atoms with E-state index in [1.807, 2.05) is 0 Å². The summed E-state index contributed by atoms with van der Waals surface area (Å²) in [7, 11) is 0. The second kappa shape index (κ2) is 4.42. The van der Waals surface area contributed by atoms with Crippen molar-refractivity contribution < 1.29 is 14.8 Å². The van der Waals surface area contributed by atoms with Crippen LogP contribution in [0.5, 0.6) is 0 Å². The van der Waals surface area contributed by atoms with Gasteiger partial charge < -0.3 is 15.7 Å². The Hall–Kier alpha value is -2.31. The summed E-state index contributed by atoms with van der Waals surface area (Å²) in [5, 5.41) is 20.2. The van der Waals surface area contributed by atoms with Gasteiger partial charge in [0.2, 0.25) is 0 Å². The number of anilines is 2. The molecule has 1 atom stereocenters. The third-order valence-electron chi connectivity index (χ3n) is 3.53. The fourth-order valence-corrected chi connectivity index (χ4v) is 2.29. The van der Waals surface area contributed by atoms with Crippen molar-refractivity contribution in [2.24, 2.45) is 5.41 Å². The maximum atomic E-state index is 11.2. The van der Waals surface area contributed by atoms with Crippen molar-refractivity contribution in [2.75, 3.05) is 23.7 Å². The maximum absolute atomic E-state index is 11.2. The first kappa shape index (κ1) is 13.1. The van der Waals surface area contributed by atoms with Crippen molar-refractivity contribution in [3.05, 3.63) is 28.3 Å². The van der Waals surface area contributed by atoms with Crippen molar-refractivity contribution in [1.82, 2.24) is 0 Å². The summed E-state index contributed by atoms with van der Waals surface area (Å²) < 4.78 is 0. The third-order valence-corrected chi connectivity index (χ3v) is 3.53. The molecule has 3 N–H and O–H groups in total. The number of carboxylic acid groups (broad SMARTS) is 1. The zero-order valence-electron chi connectivity index (χ0n) is 10.5. The fraction of sp³-hybridized carbons (Fsp3) is 0.417. The summed E-state index contributed by atoms with van der Waals surface area (Å²) in [5.74, 6) is -0.887. The zero-order valence-corrected chi connectivity index (χ0v) is 10.5. The third kappa shape index (κ3) is 2.31. The first-order valence-electron chi connectivity index (χ1n) is 5.86. The van der Waals surface area contributed by atoms with Crippen molar-refractivity contribution in [3.8, 4) is 0 Å². The first-order valence-corrected chi connectivity index (χ1v) is 5.86. The van der Waals surface area contributed by atoms with E-state index in [2.05, 4.69) is 0 Å². The minimum absolute atomic E-state index is 0.0520. The Kier molecular flexibility index (Phi) is 3.05. The van der Waals surface area contributed by atoms with Gasteiger partial charge in [-0.15, -0.1) is 0 Å². The lowest BCUT2D eigenvalue weighted by molar-refractivity contribution is -0.384. The number of aliphatic carboxylic acids is 1. The van der Waals surface area contributed by atoms with Gasteiger partial charge in [0.15, 0.2) is 0 Å². The number of rotatable bonds is 3. The van der Waals surface area contributed by atoms with E-state index in [1.54, 1.807) is 11.8 Å². The number of benzene rings is 1. The van der Waals surface area contributed by atoms with Crippen LogP contribution < -0.4 is 10.6 Å². The number of nitro benzene ring substituents is 1. The Labute approximate surface area is 109 Å². The topological polar surface area (TPSA) is 110 Å². The summed E-state index contributed by atoms with van der Waals surface area (Å²) in [6, 6.07) is 4.33. The van der Waals surface area contributed by atoms with Gasteiger partial charge in [-0.3, -0.25) is 14.9 Å². The van der Waals surface area contributed by atoms with Crippen LogP contribution in [-0.4, -0.2) is 29.1 Å². The molecule has 0 bridgehead atoms. The van der Waals surface area contributed by atoms with Gasteiger partial charge in [0.25, 0.3) is 5.69 Å². The Morgan fingerprint density at radius 1 is 1.58 bits per heavy atom. The second-order valence-electron chi connectivity index (χ2n) is 5.04. The molecule has 0 spiro atoms. The van der Waals surface area contributed by atoms with E-state index >= 15 is 0 Å². The number of nitrogen functional groups attached to an aromatic ring is 1. The summed E-state index contributed by atoms with van der Waals surface area (Å²) in [4.78, 5) is 23.4. The normalized spacial score (nSPS) is 22.5. The van der Waals surface area contributed by atoms with Crippen molar-refractivity contribution in [2.45, 2.75) is 13.3 Å². The van der Waals surface area contributed by atoms with Crippen LogP contribution in [0.15, 0.2) is 18.2 Å². The van der Waals surface area contributed by atoms with Gasteiger partial charge >= 0.3 is 5.97 Å². The molecule has 0 aliphatic carbocycles. The highest BCUT2D eigenvalue weighted by atomic mass is 16.6. The Morgan fingerprint density at radius 3 is 2.79 bits per heavy atom. The molecule has 1 aliphatic heterocycles. The Balaban J connectivity index is 2.36. The molecule has 2 rings (SSSR count). The number of nitro groups is 1. The van der Waals surface area contributed by atoms with Crippen LogP contribution in [0.2, 0.25) is 0 Å². The van der Waals surface area contributed by atoms with E-state index in [9.17, 15) is 20.0 Å². The molecule has 1 fully saturated rings. The lowest BCUT2D eigenvalue weighted by atomic mass is 9.90. The number of hydrogen-bond acceptors (Lipinski definition) is 5. The highest BCUT2D eigenvalue weighted by molar-refractivity contribution is 5.78. The standard InChI is InChI=1S/C12H15N3O4/c1-12(11(16)17)4-5-14(7-12)10-6-8(13)2-3-9(10)15(18)19/h2-3,6H,4-5,7,13H2,1H3,(H,16,17). The highest BCUT2D eigenvalue weighted by Gasteiger charge is 2.41. The molecule has 1 aromatic carbocycles. The zero-order chi connectivity index (χ0) is 14.2. The second-order valence-corrected chi connectivity index (χ2v) is 5.04. The van der Waals surface area contributed by atoms with E-state index in [0.717, 1.165) is 0 Å². The van der Waals surface area contributed by atoms with E-state index in [4.69, 9.17) is 5.73 Å². The van der Waals surface area contributed by atoms with Gasteiger partial charge in [-0.25, -0.2) is 0 Å². The molecule has 0 amide bonds. The number of carbonyl (C=O) groups is 1. The summed E-state index contributed by atoms with van der Waals surface area (Å²) in [6.07, 6.45) is 0.453. The van der Waals surface area contributed by atoms with Gasteiger partial charge in [0.1, 0.15) is 5.69 Å². The van der Waals surface area contributed by atoms with E-state index in [1.165, 1.54) is 18.2 Å². The van der Waals surface area contributed by atoms with Crippen LogP contribution in [0, 0.1) is 15.5 Å². The van der Waals surface area contributed by atoms with Gasteiger partial charge in [-0.2, -0.15) is 0 Å². The van der Waals surface area contributed by atoms with Gasteiger partial charge in [0, 0.05) is 24.8 Å². The van der Waals surface area contributed by atoms with Gasteiger partial charge in [0.05, 0.1) is 10.3 Å². The molecule has 0 radical (unpaired) electrons. The Bertz CT molecular complexity index is 546. The van der Waals surface area contributed by atoms with Crippen LogP contribution in [0.4, 0.5) is 17.1 Å². The molecule has 7 nitrogen and oxygen atoms in total. The monoisotopic (exact) mass is 265 g/mol. The largest absolute Gasteiger partial charge is 0.481 e. The lowest BCUT2D eigenvalue weighted by Crippen LogP contribution is -2.31. The minimum Gasteiger partial charge on any atom is -0.481 e. The quantitative estimate of drug-likeness (QED) is 0.486. The molecule has 102 valence electrons. The molecule has 1 saturated heterocycles. The fourth-order valence-electron chi connectivity index (χ4n) is 2.29. The Morgan fingerprint density at radius 2 is 2.26 bits per heavy atom. The number of carboxylic acids is 1.